The van der Waals surface area contributed by atoms with Gasteiger partial charge >= 0.3 is 5.97 Å². The van der Waals surface area contributed by atoms with Gasteiger partial charge in [-0.25, -0.2) is 4.79 Å². The van der Waals surface area contributed by atoms with E-state index in [2.05, 4.69) is 20.7 Å². The number of rotatable bonds is 7. The normalized spacial score (nSPS) is 11.7. The number of nitrogens with zero attached hydrogens (tertiary/aromatic N) is 4. The fraction of sp³-hybridized carbons (Fsp3) is 0.211. The second kappa shape index (κ2) is 9.49. The smallest absolute Gasteiger partial charge is 0.333 e. The van der Waals surface area contributed by atoms with Gasteiger partial charge in [-0.3, -0.25) is 4.79 Å². The maximum Gasteiger partial charge on any atom is 0.333 e. The summed E-state index contributed by atoms with van der Waals surface area (Å²) in [5.74, 6) is -0.791. The maximum absolute atomic E-state index is 12.4. The number of carbonyl (C=O) groups is 2. The maximum atomic E-state index is 12.4. The summed E-state index contributed by atoms with van der Waals surface area (Å²) in [4.78, 5) is 25.6. The number of carbonyl (C=O) groups excluding carboxylic acids is 2. The Balaban J connectivity index is 1.61. The van der Waals surface area contributed by atoms with Gasteiger partial charge in [0.25, 0.3) is 5.91 Å². The molecule has 0 saturated carbocycles. The van der Waals surface area contributed by atoms with Crippen molar-refractivity contribution in [2.45, 2.75) is 19.4 Å². The molecule has 0 spiro atoms. The molecule has 1 unspecified atom stereocenters. The zero-order valence-corrected chi connectivity index (χ0v) is 16.9. The number of benzene rings is 2. The summed E-state index contributed by atoms with van der Waals surface area (Å²) in [6.45, 7) is 1.32. The molecule has 3 aromatic rings. The first-order valence-electron chi connectivity index (χ1n) is 8.74. The Labute approximate surface area is 176 Å². The minimum Gasteiger partial charge on any atom is -0.454 e. The van der Waals surface area contributed by atoms with Crippen LogP contribution in [-0.4, -0.2) is 38.7 Å². The van der Waals surface area contributed by atoms with Gasteiger partial charge in [0.05, 0.1) is 10.7 Å². The first-order valence-corrected chi connectivity index (χ1v) is 9.50. The summed E-state index contributed by atoms with van der Waals surface area (Å²) in [7, 11) is 0. The number of aromatic nitrogens is 4. The number of halogens is 2. The molecule has 0 saturated heterocycles. The number of nitrogens with one attached hydrogen (secondary N) is 1. The summed E-state index contributed by atoms with van der Waals surface area (Å²) in [5, 5.41) is 15.7. The second-order valence-electron chi connectivity index (χ2n) is 6.00. The van der Waals surface area contributed by atoms with Gasteiger partial charge in [-0.05, 0) is 48.0 Å². The van der Waals surface area contributed by atoms with Gasteiger partial charge in [0.15, 0.2) is 12.6 Å². The number of hydrogen-bond donors (Lipinski definition) is 1. The van der Waals surface area contributed by atoms with E-state index in [0.29, 0.717) is 33.5 Å². The molecule has 0 aliphatic carbocycles. The molecule has 0 fully saturated rings. The molecule has 1 aromatic heterocycles. The number of anilines is 1. The fourth-order valence-corrected chi connectivity index (χ4v) is 2.79. The molecule has 1 N–H and O–H groups in total. The Morgan fingerprint density at radius 1 is 1.14 bits per heavy atom. The molecule has 0 aliphatic rings. The second-order valence-corrected chi connectivity index (χ2v) is 6.84. The molecule has 10 heteroatoms. The fourth-order valence-electron chi connectivity index (χ4n) is 2.48. The molecule has 8 nitrogen and oxygen atoms in total. The molecule has 0 radical (unpaired) electrons. The lowest BCUT2D eigenvalue weighted by atomic mass is 10.2. The van der Waals surface area contributed by atoms with Crippen LogP contribution in [0.4, 0.5) is 5.69 Å². The predicted octanol–water partition coefficient (Wildman–Crippen LogP) is 3.78. The lowest BCUT2D eigenvalue weighted by Gasteiger charge is -2.13. The molecule has 1 amide bonds. The molecular weight excluding hydrogens is 417 g/mol. The summed E-state index contributed by atoms with van der Waals surface area (Å²) < 4.78 is 5.11. The molecule has 1 atom stereocenters. The van der Waals surface area contributed by atoms with Crippen LogP contribution in [0.25, 0.3) is 11.4 Å². The van der Waals surface area contributed by atoms with Crippen molar-refractivity contribution in [1.29, 1.82) is 0 Å². The van der Waals surface area contributed by atoms with Crippen LogP contribution in [0.15, 0.2) is 48.5 Å². The average molecular weight is 434 g/mol. The van der Waals surface area contributed by atoms with Gasteiger partial charge in [-0.15, -0.1) is 15.0 Å². The highest BCUT2D eigenvalue weighted by molar-refractivity contribution is 6.33. The third kappa shape index (κ3) is 5.30. The topological polar surface area (TPSA) is 99.0 Å². The lowest BCUT2D eigenvalue weighted by Crippen LogP contribution is -2.27. The Bertz CT molecular complexity index is 1010. The van der Waals surface area contributed by atoms with Crippen molar-refractivity contribution in [3.8, 4) is 11.4 Å². The summed E-state index contributed by atoms with van der Waals surface area (Å²) in [5.41, 5.74) is 1.15. The molecule has 0 bridgehead atoms. The van der Waals surface area contributed by atoms with Gasteiger partial charge in [0.2, 0.25) is 5.82 Å². The number of esters is 1. The van der Waals surface area contributed by atoms with Gasteiger partial charge in [-0.2, -0.15) is 0 Å². The Hall–Kier alpha value is -2.97. The van der Waals surface area contributed by atoms with Crippen molar-refractivity contribution >= 4 is 40.8 Å². The van der Waals surface area contributed by atoms with E-state index in [1.54, 1.807) is 55.5 Å². The van der Waals surface area contributed by atoms with E-state index in [-0.39, 0.29) is 0 Å². The van der Waals surface area contributed by atoms with Crippen molar-refractivity contribution in [1.82, 2.24) is 20.2 Å². The highest BCUT2D eigenvalue weighted by Gasteiger charge is 2.24. The molecular formula is C19H17Cl2N5O3. The molecule has 29 heavy (non-hydrogen) atoms. The number of hydrogen-bond acceptors (Lipinski definition) is 6. The lowest BCUT2D eigenvalue weighted by molar-refractivity contribution is -0.151. The Morgan fingerprint density at radius 2 is 1.86 bits per heavy atom. The van der Waals surface area contributed by atoms with Crippen molar-refractivity contribution in [3.63, 3.8) is 0 Å². The van der Waals surface area contributed by atoms with E-state index in [1.807, 2.05) is 0 Å². The van der Waals surface area contributed by atoms with Crippen molar-refractivity contribution in [2.24, 2.45) is 0 Å². The van der Waals surface area contributed by atoms with E-state index in [1.165, 1.54) is 4.80 Å². The van der Waals surface area contributed by atoms with Crippen molar-refractivity contribution in [3.05, 3.63) is 58.6 Å². The zero-order chi connectivity index (χ0) is 20.8. The molecule has 1 heterocycles. The molecule has 2 aromatic carbocycles. The summed E-state index contributed by atoms with van der Waals surface area (Å²) in [6, 6.07) is 12.9. The van der Waals surface area contributed by atoms with Crippen LogP contribution >= 0.6 is 23.2 Å². The third-order valence-corrected chi connectivity index (χ3v) is 4.54. The van der Waals surface area contributed by atoms with Crippen LogP contribution < -0.4 is 5.32 Å². The molecule has 3 rings (SSSR count). The summed E-state index contributed by atoms with van der Waals surface area (Å²) >= 11 is 11.9. The Morgan fingerprint density at radius 3 is 2.55 bits per heavy atom. The predicted molar refractivity (Wildman–Crippen MR) is 109 cm³/mol. The number of tetrazole rings is 1. The van der Waals surface area contributed by atoms with Crippen molar-refractivity contribution < 1.29 is 14.3 Å². The van der Waals surface area contributed by atoms with Crippen LogP contribution in [-0.2, 0) is 14.3 Å². The van der Waals surface area contributed by atoms with E-state index in [9.17, 15) is 9.59 Å². The molecule has 150 valence electrons. The van der Waals surface area contributed by atoms with Crippen LogP contribution in [0.1, 0.15) is 19.4 Å². The number of amides is 1. The van der Waals surface area contributed by atoms with Crippen LogP contribution in [0.3, 0.4) is 0 Å². The monoisotopic (exact) mass is 433 g/mol. The minimum atomic E-state index is -0.809. The SMILES string of the molecule is CCC(C(=O)OCC(=O)Nc1ccccc1Cl)n1nnc(-c2ccc(Cl)cc2)n1. The first kappa shape index (κ1) is 20.8. The van der Waals surface area contributed by atoms with Gasteiger partial charge in [0.1, 0.15) is 0 Å². The largest absolute Gasteiger partial charge is 0.454 e. The third-order valence-electron chi connectivity index (χ3n) is 3.96. The number of para-hydroxylation sites is 1. The van der Waals surface area contributed by atoms with E-state index in [4.69, 9.17) is 27.9 Å². The van der Waals surface area contributed by atoms with E-state index < -0.39 is 24.5 Å². The minimum absolute atomic E-state index is 0.351. The average Bonchev–Trinajstić information content (AvgIpc) is 3.19. The number of ether oxygens (including phenoxy) is 1. The van der Waals surface area contributed by atoms with E-state index in [0.717, 1.165) is 0 Å². The van der Waals surface area contributed by atoms with Crippen LogP contribution in [0.2, 0.25) is 10.0 Å². The highest BCUT2D eigenvalue weighted by atomic mass is 35.5. The Kier molecular flexibility index (Phi) is 6.79. The van der Waals surface area contributed by atoms with Crippen molar-refractivity contribution in [2.75, 3.05) is 11.9 Å². The van der Waals surface area contributed by atoms with Crippen LogP contribution in [0.5, 0.6) is 0 Å². The van der Waals surface area contributed by atoms with Gasteiger partial charge in [0, 0.05) is 10.6 Å². The van der Waals surface area contributed by atoms with E-state index >= 15 is 0 Å². The first-order chi connectivity index (χ1) is 14.0. The standard InChI is InChI=1S/C19H17Cl2N5O3/c1-2-16(26-24-18(23-25-26)12-7-9-13(20)10-8-12)19(28)29-11-17(27)22-15-6-4-3-5-14(15)21/h3-10,16H,2,11H2,1H3,(H,22,27). The highest BCUT2D eigenvalue weighted by Crippen LogP contribution is 2.21. The van der Waals surface area contributed by atoms with Crippen LogP contribution in [0, 0.1) is 0 Å². The summed E-state index contributed by atoms with van der Waals surface area (Å²) in [6.07, 6.45) is 0.362. The van der Waals surface area contributed by atoms with Gasteiger partial charge < -0.3 is 10.1 Å². The zero-order valence-electron chi connectivity index (χ0n) is 15.4. The molecule has 0 aliphatic heterocycles. The quantitative estimate of drug-likeness (QED) is 0.569. The van der Waals surface area contributed by atoms with Gasteiger partial charge in [-0.1, -0.05) is 42.3 Å².